The predicted molar refractivity (Wildman–Crippen MR) is 104 cm³/mol. The largest absolute Gasteiger partial charge is 0.497 e. The lowest BCUT2D eigenvalue weighted by Gasteiger charge is -2.36. The van der Waals surface area contributed by atoms with Gasteiger partial charge in [-0.25, -0.2) is 4.79 Å². The number of aryl methyl sites for hydroxylation is 1. The van der Waals surface area contributed by atoms with E-state index in [9.17, 15) is 9.59 Å². The number of carbonyl (C=O) groups excluding carboxylic acids is 1. The van der Waals surface area contributed by atoms with Crippen molar-refractivity contribution in [2.45, 2.75) is 32.7 Å². The summed E-state index contributed by atoms with van der Waals surface area (Å²) in [7, 11) is 1.62. The highest BCUT2D eigenvalue weighted by molar-refractivity contribution is 6.09. The molecule has 2 N–H and O–H groups in total. The van der Waals surface area contributed by atoms with E-state index >= 15 is 0 Å². The van der Waals surface area contributed by atoms with Crippen LogP contribution in [0.15, 0.2) is 42.5 Å². The molecular formula is C22H23NO4. The van der Waals surface area contributed by atoms with Crippen LogP contribution >= 0.6 is 0 Å². The fourth-order valence-corrected chi connectivity index (χ4v) is 3.40. The minimum Gasteiger partial charge on any atom is -0.497 e. The number of nitrogens with one attached hydrogen (secondary N) is 1. The summed E-state index contributed by atoms with van der Waals surface area (Å²) in [5, 5.41) is 12.4. The molecule has 5 nitrogen and oxygen atoms in total. The number of allylic oxidation sites excluding steroid dienone is 1. The van der Waals surface area contributed by atoms with Crippen LogP contribution in [0.1, 0.15) is 51.3 Å². The molecule has 0 atom stereocenters. The maximum Gasteiger partial charge on any atom is 0.335 e. The van der Waals surface area contributed by atoms with Crippen LogP contribution in [0.5, 0.6) is 5.75 Å². The Morgan fingerprint density at radius 2 is 1.78 bits per heavy atom. The molecule has 0 saturated heterocycles. The third-order valence-electron chi connectivity index (χ3n) is 4.76. The summed E-state index contributed by atoms with van der Waals surface area (Å²) in [4.78, 5) is 23.7. The van der Waals surface area contributed by atoms with E-state index in [1.807, 2.05) is 19.1 Å². The number of carboxylic acids is 1. The van der Waals surface area contributed by atoms with Crippen LogP contribution < -0.4 is 10.1 Å². The molecule has 0 fully saturated rings. The van der Waals surface area contributed by atoms with Gasteiger partial charge in [-0.2, -0.15) is 0 Å². The highest BCUT2D eigenvalue weighted by Gasteiger charge is 2.29. The summed E-state index contributed by atoms with van der Waals surface area (Å²) in [6.07, 6.45) is 2.42. The Kier molecular flexibility index (Phi) is 4.79. The number of rotatable bonds is 4. The van der Waals surface area contributed by atoms with Gasteiger partial charge in [0.25, 0.3) is 0 Å². The smallest absolute Gasteiger partial charge is 0.335 e. The molecule has 0 aliphatic carbocycles. The second kappa shape index (κ2) is 6.91. The standard InChI is InChI=1S/C22H23NO4/c1-13-9-16(27-4)10-17-18(13)12-22(2,3)23-19(17)11-20(24)14-5-7-15(8-6-14)21(25)26/h5-11,23H,12H2,1-4H3,(H,25,26)/b19-11-. The lowest BCUT2D eigenvalue weighted by atomic mass is 9.83. The van der Waals surface area contributed by atoms with Crippen LogP contribution in [0.2, 0.25) is 0 Å². The van der Waals surface area contributed by atoms with Crippen LogP contribution in [-0.2, 0) is 6.42 Å². The van der Waals surface area contributed by atoms with Crippen molar-refractivity contribution < 1.29 is 19.4 Å². The molecule has 0 amide bonds. The van der Waals surface area contributed by atoms with E-state index in [1.54, 1.807) is 13.2 Å². The van der Waals surface area contributed by atoms with Crippen molar-refractivity contribution >= 4 is 17.4 Å². The zero-order chi connectivity index (χ0) is 19.8. The van der Waals surface area contributed by atoms with E-state index in [1.165, 1.54) is 29.8 Å². The maximum atomic E-state index is 12.8. The summed E-state index contributed by atoms with van der Waals surface area (Å²) in [5.74, 6) is -0.449. The van der Waals surface area contributed by atoms with Crippen molar-refractivity contribution in [2.75, 3.05) is 7.11 Å². The SMILES string of the molecule is COc1cc(C)c2c(c1)/C(=C/C(=O)c1ccc(C(=O)O)cc1)NC(C)(C)C2. The van der Waals surface area contributed by atoms with Gasteiger partial charge in [0.15, 0.2) is 5.78 Å². The minimum absolute atomic E-state index is 0.154. The summed E-state index contributed by atoms with van der Waals surface area (Å²) in [6, 6.07) is 9.89. The number of methoxy groups -OCH3 is 1. The predicted octanol–water partition coefficient (Wildman–Crippen LogP) is 3.85. The zero-order valence-corrected chi connectivity index (χ0v) is 15.9. The number of fused-ring (bicyclic) bond motifs is 1. The zero-order valence-electron chi connectivity index (χ0n) is 15.9. The Morgan fingerprint density at radius 1 is 1.15 bits per heavy atom. The van der Waals surface area contributed by atoms with Gasteiger partial charge in [-0.1, -0.05) is 12.1 Å². The molecule has 0 bridgehead atoms. The molecular weight excluding hydrogens is 342 g/mol. The molecule has 0 spiro atoms. The normalized spacial score (nSPS) is 16.4. The lowest BCUT2D eigenvalue weighted by Crippen LogP contribution is -2.44. The Hall–Kier alpha value is -3.08. The Labute approximate surface area is 158 Å². The third kappa shape index (κ3) is 3.87. The molecule has 3 rings (SSSR count). The number of ketones is 1. The molecule has 27 heavy (non-hydrogen) atoms. The maximum absolute atomic E-state index is 12.8. The number of hydrogen-bond donors (Lipinski definition) is 2. The molecule has 1 aliphatic heterocycles. The second-order valence-electron chi connectivity index (χ2n) is 7.46. The van der Waals surface area contributed by atoms with Crippen molar-refractivity contribution in [3.05, 3.63) is 70.3 Å². The van der Waals surface area contributed by atoms with Crippen molar-refractivity contribution in [3.8, 4) is 5.75 Å². The van der Waals surface area contributed by atoms with Gasteiger partial charge in [-0.3, -0.25) is 4.79 Å². The van der Waals surface area contributed by atoms with Crippen LogP contribution in [0, 0.1) is 6.92 Å². The quantitative estimate of drug-likeness (QED) is 0.636. The van der Waals surface area contributed by atoms with Crippen LogP contribution in [0.4, 0.5) is 0 Å². The summed E-state index contributed by atoms with van der Waals surface area (Å²) >= 11 is 0. The van der Waals surface area contributed by atoms with Gasteiger partial charge in [0.2, 0.25) is 0 Å². The van der Waals surface area contributed by atoms with Crippen LogP contribution in [0.25, 0.3) is 5.70 Å². The molecule has 2 aromatic carbocycles. The lowest BCUT2D eigenvalue weighted by molar-refractivity contribution is 0.0696. The van der Waals surface area contributed by atoms with Crippen LogP contribution in [-0.4, -0.2) is 29.5 Å². The monoisotopic (exact) mass is 365 g/mol. The molecule has 1 aliphatic rings. The highest BCUT2D eigenvalue weighted by atomic mass is 16.5. The van der Waals surface area contributed by atoms with Gasteiger partial charge in [0.1, 0.15) is 5.75 Å². The highest BCUT2D eigenvalue weighted by Crippen LogP contribution is 2.34. The van der Waals surface area contributed by atoms with Crippen molar-refractivity contribution in [1.82, 2.24) is 5.32 Å². The number of carboxylic acid groups (broad SMARTS) is 1. The molecule has 0 radical (unpaired) electrons. The Morgan fingerprint density at radius 3 is 2.37 bits per heavy atom. The van der Waals surface area contributed by atoms with E-state index in [2.05, 4.69) is 19.2 Å². The van der Waals surface area contributed by atoms with Crippen molar-refractivity contribution in [2.24, 2.45) is 0 Å². The van der Waals surface area contributed by atoms with E-state index < -0.39 is 5.97 Å². The van der Waals surface area contributed by atoms with Gasteiger partial charge in [-0.05, 0) is 62.6 Å². The Bertz CT molecular complexity index is 940. The topological polar surface area (TPSA) is 75.6 Å². The van der Waals surface area contributed by atoms with Gasteiger partial charge in [0, 0.05) is 28.4 Å². The number of aromatic carboxylic acids is 1. The molecule has 0 unspecified atom stereocenters. The average molecular weight is 365 g/mol. The van der Waals surface area contributed by atoms with Gasteiger partial charge in [0.05, 0.1) is 12.7 Å². The molecule has 0 aromatic heterocycles. The molecule has 1 heterocycles. The van der Waals surface area contributed by atoms with E-state index in [0.717, 1.165) is 29.0 Å². The molecule has 0 saturated carbocycles. The summed E-state index contributed by atoms with van der Waals surface area (Å²) in [5.41, 5.74) is 4.44. The first kappa shape index (κ1) is 18.7. The minimum atomic E-state index is -1.01. The summed E-state index contributed by atoms with van der Waals surface area (Å²) in [6.45, 7) is 6.24. The fraction of sp³-hybridized carbons (Fsp3) is 0.273. The van der Waals surface area contributed by atoms with E-state index in [4.69, 9.17) is 9.84 Å². The average Bonchev–Trinajstić information content (AvgIpc) is 2.61. The first-order valence-corrected chi connectivity index (χ1v) is 8.75. The summed E-state index contributed by atoms with van der Waals surface area (Å²) < 4.78 is 5.39. The first-order valence-electron chi connectivity index (χ1n) is 8.75. The van der Waals surface area contributed by atoms with E-state index in [0.29, 0.717) is 5.56 Å². The van der Waals surface area contributed by atoms with E-state index in [-0.39, 0.29) is 16.9 Å². The van der Waals surface area contributed by atoms with Crippen molar-refractivity contribution in [1.29, 1.82) is 0 Å². The van der Waals surface area contributed by atoms with Crippen LogP contribution in [0.3, 0.4) is 0 Å². The van der Waals surface area contributed by atoms with Gasteiger partial charge < -0.3 is 15.2 Å². The van der Waals surface area contributed by atoms with Gasteiger partial charge >= 0.3 is 5.97 Å². The second-order valence-corrected chi connectivity index (χ2v) is 7.46. The third-order valence-corrected chi connectivity index (χ3v) is 4.76. The molecule has 2 aromatic rings. The Balaban J connectivity index is 2.03. The number of carbonyl (C=O) groups is 2. The number of benzene rings is 2. The van der Waals surface area contributed by atoms with Gasteiger partial charge in [-0.15, -0.1) is 0 Å². The fourth-order valence-electron chi connectivity index (χ4n) is 3.40. The molecule has 140 valence electrons. The number of hydrogen-bond acceptors (Lipinski definition) is 4. The first-order chi connectivity index (χ1) is 12.7. The number of ether oxygens (including phenoxy) is 1. The van der Waals surface area contributed by atoms with Crippen molar-refractivity contribution in [3.63, 3.8) is 0 Å². The molecule has 5 heteroatoms.